The molecule has 12 aromatic rings. The van der Waals surface area contributed by atoms with E-state index in [1.54, 1.807) is 70.2 Å². The van der Waals surface area contributed by atoms with Gasteiger partial charge in [-0.1, -0.05) is 167 Å². The number of phenolic OH excluding ortho intramolecular Hbond substituents is 2. The molecule has 0 saturated heterocycles. The molecule has 14 N–H and O–H groups in total. The van der Waals surface area contributed by atoms with Gasteiger partial charge in [0.2, 0.25) is 0 Å². The number of nitrogens with zero attached hydrogens (tertiary/aromatic N) is 8. The molecule has 12 rings (SSSR count). The van der Waals surface area contributed by atoms with Crippen LogP contribution in [0.15, 0.2) is 344 Å². The van der Waals surface area contributed by atoms with E-state index in [0.29, 0.717) is 26.6 Å². The number of hydrogen-bond acceptors (Lipinski definition) is 18. The number of phenols is 2. The van der Waals surface area contributed by atoms with E-state index in [1.165, 1.54) is 0 Å². The Morgan fingerprint density at radius 3 is 0.825 bits per heavy atom. The van der Waals surface area contributed by atoms with Crippen LogP contribution in [0.5, 0.6) is 11.5 Å². The number of aliphatic hydroxyl groups excluding tert-OH is 4. The molecule has 0 unspecified atom stereocenters. The number of nitrogens with two attached hydrogens (primary N) is 4. The Balaban J connectivity index is 0. The molecule has 0 aliphatic heterocycles. The van der Waals surface area contributed by atoms with Gasteiger partial charge in [0.1, 0.15) is 17.2 Å². The van der Waals surface area contributed by atoms with Gasteiger partial charge in [-0.3, -0.25) is 0 Å². The van der Waals surface area contributed by atoms with E-state index in [1.807, 2.05) is 261 Å². The van der Waals surface area contributed by atoms with Crippen molar-refractivity contribution in [2.45, 2.75) is 42.5 Å². The number of nitrogen functional groups attached to an aromatic ring is 4. The van der Waals surface area contributed by atoms with Gasteiger partial charge in [0.25, 0.3) is 0 Å². The summed E-state index contributed by atoms with van der Waals surface area (Å²) in [6.07, 6.45) is 0. The van der Waals surface area contributed by atoms with Crippen molar-refractivity contribution in [1.29, 1.82) is 0 Å². The first-order valence-electron chi connectivity index (χ1n) is 30.7. The molecule has 0 atom stereocenters. The Morgan fingerprint density at radius 1 is 0.301 bits per heavy atom. The maximum absolute atomic E-state index is 10.1. The molecule has 0 heterocycles. The molecule has 18 nitrogen and oxygen atoms in total. The van der Waals surface area contributed by atoms with Crippen molar-refractivity contribution in [3.8, 4) is 11.5 Å². The summed E-state index contributed by atoms with van der Waals surface area (Å²) in [4.78, 5) is -0.278. The molecule has 0 saturated carbocycles. The molecular weight excluding hydrogens is 1940 g/mol. The summed E-state index contributed by atoms with van der Waals surface area (Å²) >= 11 is 12.1. The Morgan fingerprint density at radius 2 is 0.524 bits per heavy atom. The van der Waals surface area contributed by atoms with E-state index in [9.17, 15) is 5.11 Å². The van der Waals surface area contributed by atoms with Crippen molar-refractivity contribution in [2.75, 3.05) is 49.4 Å². The molecule has 545 valence electrons. The molecule has 12 aromatic carbocycles. The average Bonchev–Trinajstić information content (AvgIpc) is 0.814. The minimum atomic E-state index is -0.278. The molecule has 103 heavy (non-hydrogen) atoms. The van der Waals surface area contributed by atoms with Crippen molar-refractivity contribution in [3.05, 3.63) is 303 Å². The number of halogens is 5. The van der Waals surface area contributed by atoms with Crippen LogP contribution in [0, 0.1) is 0 Å². The zero-order chi connectivity index (χ0) is 74.5. The maximum atomic E-state index is 10.1. The summed E-state index contributed by atoms with van der Waals surface area (Å²) in [5, 5.41) is 86.9. The Labute approximate surface area is 674 Å². The zero-order valence-electron chi connectivity index (χ0n) is 56.1. The van der Waals surface area contributed by atoms with E-state index in [4.69, 9.17) is 48.5 Å². The summed E-state index contributed by atoms with van der Waals surface area (Å²) in [5.74, 6) is 0.425. The van der Waals surface area contributed by atoms with Gasteiger partial charge < -0.3 is 53.6 Å². The van der Waals surface area contributed by atoms with Gasteiger partial charge in [-0.25, -0.2) is 0 Å². The first-order valence-corrected chi connectivity index (χ1v) is 53.2. The molecule has 0 fully saturated rings. The van der Waals surface area contributed by atoms with Crippen LogP contribution < -0.4 is 22.9 Å². The number of aliphatic hydroxyl groups is 4. The van der Waals surface area contributed by atoms with Gasteiger partial charge in [0.05, 0.1) is 39.8 Å². The van der Waals surface area contributed by atoms with Crippen molar-refractivity contribution in [2.24, 2.45) is 40.9 Å². The van der Waals surface area contributed by atoms with Crippen LogP contribution in [0.2, 0.25) is 0 Å². The van der Waals surface area contributed by atoms with Gasteiger partial charge in [0, 0.05) is 54.6 Å². The first-order chi connectivity index (χ1) is 48.9. The van der Waals surface area contributed by atoms with Gasteiger partial charge >= 0.3 is 114 Å². The van der Waals surface area contributed by atoms with Crippen LogP contribution >= 0.6 is 99.9 Å². The van der Waals surface area contributed by atoms with Crippen LogP contribution in [0.4, 0.5) is 68.2 Å². The van der Waals surface area contributed by atoms with Gasteiger partial charge in [-0.2, -0.15) is 35.8 Å². The Bertz CT molecular complexity index is 3960. The van der Waals surface area contributed by atoms with E-state index < -0.39 is 0 Å². The fraction of sp³-hybridized carbons (Fsp3) is 0.128. The molecule has 0 amide bonds. The second kappa shape index (κ2) is 65.8. The summed E-state index contributed by atoms with van der Waals surface area (Å²) < 4.78 is 0. The van der Waals surface area contributed by atoms with Crippen molar-refractivity contribution < 1.29 is 45.0 Å². The van der Waals surface area contributed by atoms with Crippen LogP contribution in [-0.2, 0) is 14.4 Å². The van der Waals surface area contributed by atoms with Crippen LogP contribution in [0.1, 0.15) is 42.5 Å². The number of anilines is 4. The Kier molecular flexibility index (Phi) is 62.6. The number of para-hydroxylation sites is 2. The number of benzene rings is 12. The topological polar surface area (TPSA) is 324 Å². The summed E-state index contributed by atoms with van der Waals surface area (Å²) in [5.41, 5.74) is 30.9. The van der Waals surface area contributed by atoms with Crippen LogP contribution in [0.25, 0.3) is 21.5 Å². The third-order valence-corrected chi connectivity index (χ3v) is 11.2. The van der Waals surface area contributed by atoms with Crippen molar-refractivity contribution in [3.63, 3.8) is 0 Å². The van der Waals surface area contributed by atoms with E-state index >= 15 is 0 Å². The molecule has 0 spiro atoms. The third-order valence-electron chi connectivity index (χ3n) is 11.2. The van der Waals surface area contributed by atoms with Gasteiger partial charge in [-0.05, 0) is 196 Å². The predicted octanol–water partition coefficient (Wildman–Crippen LogP) is 25.5. The molecule has 0 aliphatic carbocycles. The molecular formula is C78H92I5N12O6V2. The van der Waals surface area contributed by atoms with E-state index in [2.05, 4.69) is 141 Å². The van der Waals surface area contributed by atoms with Crippen LogP contribution in [0.3, 0.4) is 0 Å². The van der Waals surface area contributed by atoms with Gasteiger partial charge in [-0.15, -0.1) is 5.11 Å². The second-order valence-electron chi connectivity index (χ2n) is 19.0. The molecule has 0 radical (unpaired) electrons. The number of hydrogen-bond donors (Lipinski definition) is 10. The van der Waals surface area contributed by atoms with Gasteiger partial charge in [0.15, 0.2) is 0 Å². The number of azo groups is 4. The summed E-state index contributed by atoms with van der Waals surface area (Å²) in [7, 11) is 0.628. The zero-order valence-corrected chi connectivity index (χ0v) is 69.6. The van der Waals surface area contributed by atoms with Crippen LogP contribution in [-0.4, -0.2) is 57.1 Å². The normalized spacial score (nSPS) is 9.57. The Hall–Kier alpha value is -6.98. The van der Waals surface area contributed by atoms with Crippen molar-refractivity contribution >= 4 is 190 Å². The fourth-order valence-corrected chi connectivity index (χ4v) is 7.04. The van der Waals surface area contributed by atoms with E-state index in [-0.39, 0.29) is 52.0 Å². The minimum absolute atomic E-state index is 0. The number of fused-ring (bicyclic) bond motifs is 2. The monoisotopic (exact) mass is 2030 g/mol. The number of aromatic hydroxyl groups is 2. The average molecular weight is 2030 g/mol. The molecule has 0 aliphatic rings. The standard InChI is InChI=1S/C22H16N4O.2C12H11N3.C10H8O.2C6H7N.4C2H6O.2CH4.5HI.2V/c27-21-15-10-16-6-4-5-9-20(16)22(21)26-25-19-13-11-18(12-14-19)24-23-17-7-2-1-3-8-17;2*13-10-6-8-12(9-7-10)15-14-11-4-2-1-3-5-11;11-10-6-5-8-3-1-2-4-9(8)7-10;2*7-6-4-2-1-3-5-6;4*1-2-3;;;;;;;;;/h1-15,27H;2*1-9H,13H2;1-7,11H;2*1-5H,7H2;4*3H,2H2,1H3;2*1H4;5*1H;;/q;;;;;;;;;;;;;;;;;+2;+3/p-5. The van der Waals surface area contributed by atoms with E-state index in [0.717, 1.165) is 78.4 Å². The summed E-state index contributed by atoms with van der Waals surface area (Å²) in [6.45, 7) is 7.72. The molecule has 25 heteroatoms. The summed E-state index contributed by atoms with van der Waals surface area (Å²) in [6, 6.07) is 94.1. The second-order valence-corrected chi connectivity index (χ2v) is 66.2. The quantitative estimate of drug-likeness (QED) is 0.0389. The predicted molar refractivity (Wildman–Crippen MR) is 472 cm³/mol. The molecule has 0 bridgehead atoms. The van der Waals surface area contributed by atoms with Crippen molar-refractivity contribution in [1.82, 2.24) is 0 Å². The fourth-order valence-electron chi connectivity index (χ4n) is 7.04. The number of rotatable bonds is 8. The third kappa shape index (κ3) is 51.0. The first kappa shape index (κ1) is 98.1. The molecule has 0 aromatic heterocycles. The SMILES string of the molecule is C.C.CCO.CCO.CCO.CCO.Nc1ccc(N=Nc2ccccc2)cc1.Nc1ccc(N=Nc2ccccc2)cc1.Nc1ccccc1.Nc1ccccc1.Oc1ccc2ccccc2c1.Oc1ccc2ccccc2c1N=Nc1ccc(N=Nc2ccccc2)cc1.[I][V]([I])[I].[I][V][I].